The van der Waals surface area contributed by atoms with Crippen LogP contribution in [0, 0.1) is 6.92 Å². The van der Waals surface area contributed by atoms with Crippen molar-refractivity contribution >= 4 is 11.3 Å². The summed E-state index contributed by atoms with van der Waals surface area (Å²) in [5, 5.41) is 5.14. The molecule has 3 heteroatoms. The molecule has 0 radical (unpaired) electrons. The van der Waals surface area contributed by atoms with Crippen molar-refractivity contribution in [1.29, 1.82) is 0 Å². The van der Waals surface area contributed by atoms with E-state index in [0.29, 0.717) is 0 Å². The molecule has 0 aliphatic heterocycles. The van der Waals surface area contributed by atoms with Crippen molar-refractivity contribution in [2.75, 3.05) is 0 Å². The number of nitrogens with zero attached hydrogens (tertiary/aromatic N) is 1. The highest BCUT2D eigenvalue weighted by Crippen LogP contribution is 2.36. The number of hydrogen-bond acceptors (Lipinski definition) is 3. The second-order valence-electron chi connectivity index (χ2n) is 5.08. The molecule has 1 heterocycles. The molecule has 96 valence electrons. The first kappa shape index (κ1) is 13.0. The Hall–Kier alpha value is -0.410. The summed E-state index contributed by atoms with van der Waals surface area (Å²) in [7, 11) is 0. The summed E-state index contributed by atoms with van der Waals surface area (Å²) in [4.78, 5) is 6.27. The van der Waals surface area contributed by atoms with Crippen LogP contribution >= 0.6 is 11.3 Å². The maximum absolute atomic E-state index is 4.88. The van der Waals surface area contributed by atoms with Gasteiger partial charge in [0.15, 0.2) is 0 Å². The number of rotatable bonds is 6. The van der Waals surface area contributed by atoms with E-state index in [4.69, 9.17) is 4.98 Å². The highest BCUT2D eigenvalue weighted by Gasteiger charge is 2.37. The Balaban J connectivity index is 2.29. The van der Waals surface area contributed by atoms with Gasteiger partial charge in [0.2, 0.25) is 0 Å². The third-order valence-electron chi connectivity index (χ3n) is 3.90. The van der Waals surface area contributed by atoms with E-state index in [1.165, 1.54) is 28.4 Å². The standard InChI is InChI=1S/C14H24N2S/c1-5-12-10(4)17-13(15-12)14(6-2,7-3)16-11-8-9-11/h11,16H,5-9H2,1-4H3. The monoisotopic (exact) mass is 252 g/mol. The lowest BCUT2D eigenvalue weighted by Crippen LogP contribution is -2.42. The summed E-state index contributed by atoms with van der Waals surface area (Å²) in [6.07, 6.45) is 6.00. The van der Waals surface area contributed by atoms with Crippen molar-refractivity contribution < 1.29 is 0 Å². The summed E-state index contributed by atoms with van der Waals surface area (Å²) in [6, 6.07) is 0.740. The summed E-state index contributed by atoms with van der Waals surface area (Å²) in [5.41, 5.74) is 1.41. The topological polar surface area (TPSA) is 24.9 Å². The Labute approximate surface area is 109 Å². The Kier molecular flexibility index (Phi) is 3.88. The summed E-state index contributed by atoms with van der Waals surface area (Å²) in [5.74, 6) is 0. The molecule has 0 aromatic carbocycles. The normalized spacial score (nSPS) is 16.5. The second-order valence-corrected chi connectivity index (χ2v) is 6.29. The number of nitrogens with one attached hydrogen (secondary N) is 1. The second kappa shape index (κ2) is 5.07. The van der Waals surface area contributed by atoms with E-state index in [1.54, 1.807) is 0 Å². The maximum atomic E-state index is 4.88. The van der Waals surface area contributed by atoms with E-state index in [2.05, 4.69) is 33.0 Å². The lowest BCUT2D eigenvalue weighted by molar-refractivity contribution is 0.303. The quantitative estimate of drug-likeness (QED) is 0.833. The van der Waals surface area contributed by atoms with Crippen LogP contribution in [-0.4, -0.2) is 11.0 Å². The first-order chi connectivity index (χ1) is 8.15. The van der Waals surface area contributed by atoms with Crippen molar-refractivity contribution in [3.05, 3.63) is 15.6 Å². The first-order valence-electron chi connectivity index (χ1n) is 6.89. The largest absolute Gasteiger partial charge is 0.303 e. The van der Waals surface area contributed by atoms with Crippen LogP contribution in [-0.2, 0) is 12.0 Å². The number of aryl methyl sites for hydroxylation is 2. The summed E-state index contributed by atoms with van der Waals surface area (Å²) < 4.78 is 0. The zero-order valence-electron chi connectivity index (χ0n) is 11.5. The van der Waals surface area contributed by atoms with Crippen LogP contribution in [0.15, 0.2) is 0 Å². The molecular formula is C14H24N2S. The lowest BCUT2D eigenvalue weighted by Gasteiger charge is -2.31. The Morgan fingerprint density at radius 3 is 2.35 bits per heavy atom. The molecule has 2 nitrogen and oxygen atoms in total. The molecule has 1 saturated carbocycles. The van der Waals surface area contributed by atoms with Crippen molar-refractivity contribution in [2.24, 2.45) is 0 Å². The predicted molar refractivity (Wildman–Crippen MR) is 74.6 cm³/mol. The van der Waals surface area contributed by atoms with Crippen molar-refractivity contribution in [3.63, 3.8) is 0 Å². The van der Waals surface area contributed by atoms with Gasteiger partial charge in [0.05, 0.1) is 11.2 Å². The molecule has 0 spiro atoms. The molecule has 1 N–H and O–H groups in total. The SMILES string of the molecule is CCc1nc(C(CC)(CC)NC2CC2)sc1C. The van der Waals surface area contributed by atoms with Crippen molar-refractivity contribution in [1.82, 2.24) is 10.3 Å². The average Bonchev–Trinajstić information content (AvgIpc) is 3.08. The van der Waals surface area contributed by atoms with Gasteiger partial charge in [-0.15, -0.1) is 11.3 Å². The molecule has 1 aromatic heterocycles. The molecule has 2 rings (SSSR count). The van der Waals surface area contributed by atoms with E-state index in [0.717, 1.165) is 25.3 Å². The van der Waals surface area contributed by atoms with Gasteiger partial charge in [-0.2, -0.15) is 0 Å². The minimum Gasteiger partial charge on any atom is -0.303 e. The molecule has 0 bridgehead atoms. The summed E-state index contributed by atoms with van der Waals surface area (Å²) in [6.45, 7) is 8.95. The fraction of sp³-hybridized carbons (Fsp3) is 0.786. The van der Waals surface area contributed by atoms with Crippen LogP contribution in [0.3, 0.4) is 0 Å². The fourth-order valence-electron chi connectivity index (χ4n) is 2.40. The van der Waals surface area contributed by atoms with E-state index in [1.807, 2.05) is 11.3 Å². The van der Waals surface area contributed by atoms with Gasteiger partial charge in [-0.05, 0) is 39.0 Å². The Morgan fingerprint density at radius 2 is 1.94 bits per heavy atom. The van der Waals surface area contributed by atoms with Gasteiger partial charge in [-0.25, -0.2) is 4.98 Å². The van der Waals surface area contributed by atoms with Crippen LogP contribution in [0.5, 0.6) is 0 Å². The number of aromatic nitrogens is 1. The molecule has 0 atom stereocenters. The lowest BCUT2D eigenvalue weighted by atomic mass is 9.93. The van der Waals surface area contributed by atoms with Crippen molar-refractivity contribution in [2.45, 2.75) is 71.4 Å². The van der Waals surface area contributed by atoms with Crippen LogP contribution in [0.1, 0.15) is 62.0 Å². The molecular weight excluding hydrogens is 228 g/mol. The van der Waals surface area contributed by atoms with Crippen LogP contribution in [0.4, 0.5) is 0 Å². The van der Waals surface area contributed by atoms with Crippen molar-refractivity contribution in [3.8, 4) is 0 Å². The van der Waals surface area contributed by atoms with Gasteiger partial charge in [0, 0.05) is 10.9 Å². The van der Waals surface area contributed by atoms with E-state index in [-0.39, 0.29) is 5.54 Å². The predicted octanol–water partition coefficient (Wildman–Crippen LogP) is 3.78. The van der Waals surface area contributed by atoms with Gasteiger partial charge in [0.25, 0.3) is 0 Å². The van der Waals surface area contributed by atoms with Crippen LogP contribution in [0.2, 0.25) is 0 Å². The van der Waals surface area contributed by atoms with Crippen LogP contribution < -0.4 is 5.32 Å². The average molecular weight is 252 g/mol. The summed E-state index contributed by atoms with van der Waals surface area (Å²) >= 11 is 1.89. The highest BCUT2D eigenvalue weighted by molar-refractivity contribution is 7.11. The minimum atomic E-state index is 0.129. The van der Waals surface area contributed by atoms with Gasteiger partial charge >= 0.3 is 0 Å². The van der Waals surface area contributed by atoms with Crippen LogP contribution in [0.25, 0.3) is 0 Å². The van der Waals surface area contributed by atoms with Gasteiger partial charge < -0.3 is 5.32 Å². The smallest absolute Gasteiger partial charge is 0.113 e. The fourth-order valence-corrected chi connectivity index (χ4v) is 3.69. The van der Waals surface area contributed by atoms with E-state index >= 15 is 0 Å². The minimum absolute atomic E-state index is 0.129. The zero-order valence-corrected chi connectivity index (χ0v) is 12.3. The van der Waals surface area contributed by atoms with Gasteiger partial charge in [-0.3, -0.25) is 0 Å². The zero-order chi connectivity index (χ0) is 12.5. The molecule has 0 saturated heterocycles. The first-order valence-corrected chi connectivity index (χ1v) is 7.71. The number of hydrogen-bond donors (Lipinski definition) is 1. The molecule has 1 fully saturated rings. The van der Waals surface area contributed by atoms with E-state index in [9.17, 15) is 0 Å². The third kappa shape index (κ3) is 2.55. The molecule has 0 unspecified atom stereocenters. The number of thiazole rings is 1. The molecule has 17 heavy (non-hydrogen) atoms. The van der Waals surface area contributed by atoms with Gasteiger partial charge in [0.1, 0.15) is 5.01 Å². The maximum Gasteiger partial charge on any atom is 0.113 e. The van der Waals surface area contributed by atoms with Gasteiger partial charge in [-0.1, -0.05) is 20.8 Å². The third-order valence-corrected chi connectivity index (χ3v) is 5.12. The van der Waals surface area contributed by atoms with E-state index < -0.39 is 0 Å². The molecule has 0 amide bonds. The molecule has 1 aromatic rings. The Morgan fingerprint density at radius 1 is 1.29 bits per heavy atom. The Bertz CT molecular complexity index is 376. The molecule has 1 aliphatic carbocycles. The highest BCUT2D eigenvalue weighted by atomic mass is 32.1. The molecule has 1 aliphatic rings.